The monoisotopic (exact) mass is 588 g/mol. The highest BCUT2D eigenvalue weighted by Gasteiger charge is 2.30. The van der Waals surface area contributed by atoms with Gasteiger partial charge in [0.15, 0.2) is 5.78 Å². The molecule has 0 aliphatic carbocycles. The molecule has 206 valence electrons. The molecule has 0 bridgehead atoms. The fraction of sp³-hybridized carbons (Fsp3) is 0.429. The zero-order valence-electron chi connectivity index (χ0n) is 22.8. The van der Waals surface area contributed by atoms with Crippen molar-refractivity contribution in [2.75, 3.05) is 38.7 Å². The molecule has 38 heavy (non-hydrogen) atoms. The van der Waals surface area contributed by atoms with E-state index in [9.17, 15) is 19.5 Å². The van der Waals surface area contributed by atoms with Crippen molar-refractivity contribution in [3.8, 4) is 5.75 Å². The summed E-state index contributed by atoms with van der Waals surface area (Å²) >= 11 is 0. The summed E-state index contributed by atoms with van der Waals surface area (Å²) in [5.41, 5.74) is 3.61. The quantitative estimate of drug-likeness (QED) is 0.354. The van der Waals surface area contributed by atoms with Gasteiger partial charge >= 0.3 is 5.97 Å². The third-order valence-corrected chi connectivity index (χ3v) is 6.32. The highest BCUT2D eigenvalue weighted by Crippen LogP contribution is 2.34. The molecule has 1 aliphatic heterocycles. The van der Waals surface area contributed by atoms with Crippen molar-refractivity contribution in [2.24, 2.45) is 0 Å². The van der Waals surface area contributed by atoms with Gasteiger partial charge in [0.05, 0.1) is 18.7 Å². The third-order valence-electron chi connectivity index (χ3n) is 6.32. The molecule has 3 N–H and O–H groups in total. The lowest BCUT2D eigenvalue weighted by atomic mass is 9.84. The molecule has 0 fully saturated rings. The summed E-state index contributed by atoms with van der Waals surface area (Å²) < 4.78 is 5.80. The number of anilines is 1. The second kappa shape index (κ2) is 12.4. The number of hydrogen-bond acceptors (Lipinski definition) is 6. The summed E-state index contributed by atoms with van der Waals surface area (Å²) in [6.07, 6.45) is 0.794. The lowest BCUT2D eigenvalue weighted by Crippen LogP contribution is -2.31. The Bertz CT molecular complexity index is 1240. The van der Waals surface area contributed by atoms with E-state index in [1.54, 1.807) is 48.2 Å². The van der Waals surface area contributed by atoms with E-state index in [1.165, 1.54) is 0 Å². The minimum Gasteiger partial charge on any atom is -0.493 e. The number of carbonyl (C=O) groups is 3. The Morgan fingerprint density at radius 3 is 2.45 bits per heavy atom. The Labute approximate surface area is 234 Å². The number of nitrogens with zero attached hydrogens (tertiary/aromatic N) is 2. The van der Waals surface area contributed by atoms with Gasteiger partial charge in [-0.25, -0.2) is 0 Å². The Balaban J connectivity index is 0.00000507. The zero-order chi connectivity index (χ0) is 27.5. The van der Waals surface area contributed by atoms with Gasteiger partial charge in [0.25, 0.3) is 5.91 Å². The van der Waals surface area contributed by atoms with Gasteiger partial charge in [0.1, 0.15) is 18.1 Å². The molecule has 2 aromatic rings. The second-order valence-electron chi connectivity index (χ2n) is 10.3. The summed E-state index contributed by atoms with van der Waals surface area (Å²) in [6.45, 7) is 8.72. The number of nitrogens with one attached hydrogen (secondary N) is 2. The van der Waals surface area contributed by atoms with Gasteiger partial charge in [-0.3, -0.25) is 19.8 Å². The number of carboxylic acids is 1. The minimum atomic E-state index is -0.933. The molecule has 0 radical (unpaired) electrons. The molecule has 0 spiro atoms. The van der Waals surface area contributed by atoms with Crippen LogP contribution in [0.25, 0.3) is 0 Å². The first kappa shape index (κ1) is 30.8. The highest BCUT2D eigenvalue weighted by atomic mass is 79.9. The molecule has 0 saturated heterocycles. The molecule has 9 nitrogen and oxygen atoms in total. The second-order valence-corrected chi connectivity index (χ2v) is 10.3. The maximum atomic E-state index is 13.3. The van der Waals surface area contributed by atoms with Crippen LogP contribution in [0, 0.1) is 5.41 Å². The topological polar surface area (TPSA) is 123 Å². The number of ether oxygens (including phenoxy) is 1. The number of fused-ring (bicyclic) bond motifs is 1. The van der Waals surface area contributed by atoms with Crippen molar-refractivity contribution < 1.29 is 24.2 Å². The molecule has 10 heteroatoms. The number of carboxylic acid groups (broad SMARTS) is 1. The molecule has 0 unspecified atom stereocenters. The minimum absolute atomic E-state index is 0. The van der Waals surface area contributed by atoms with E-state index in [2.05, 4.69) is 5.32 Å². The summed E-state index contributed by atoms with van der Waals surface area (Å²) in [5.74, 6) is -0.720. The van der Waals surface area contributed by atoms with Crippen molar-refractivity contribution in [2.45, 2.75) is 46.1 Å². The number of Topliss-reactive ketones (excluding diaryl/α,β-unsaturated/α-hetero) is 1. The predicted molar refractivity (Wildman–Crippen MR) is 154 cm³/mol. The number of carbonyl (C=O) groups excluding carboxylic acids is 2. The lowest BCUT2D eigenvalue weighted by molar-refractivity contribution is -0.135. The van der Waals surface area contributed by atoms with Crippen LogP contribution in [-0.4, -0.2) is 67.3 Å². The maximum absolute atomic E-state index is 13.3. The molecule has 1 aliphatic rings. The van der Waals surface area contributed by atoms with E-state index >= 15 is 0 Å². The smallest absolute Gasteiger partial charge is 0.323 e. The van der Waals surface area contributed by atoms with Gasteiger partial charge in [-0.05, 0) is 53.3 Å². The molecule has 2 aromatic carbocycles. The number of likely N-dealkylation sites (N-methyl/N-ethyl adjacent to an activating group) is 1. The van der Waals surface area contributed by atoms with Crippen LogP contribution >= 0.6 is 17.0 Å². The summed E-state index contributed by atoms with van der Waals surface area (Å²) in [7, 11) is 3.26. The normalized spacial score (nSPS) is 12.5. The number of ketones is 1. The van der Waals surface area contributed by atoms with Crippen molar-refractivity contribution >= 4 is 46.2 Å². The van der Waals surface area contributed by atoms with Gasteiger partial charge < -0.3 is 25.0 Å². The average Bonchev–Trinajstić information content (AvgIpc) is 3.14. The van der Waals surface area contributed by atoms with E-state index in [1.807, 2.05) is 33.8 Å². The van der Waals surface area contributed by atoms with E-state index in [4.69, 9.17) is 10.1 Å². The number of rotatable bonds is 10. The van der Waals surface area contributed by atoms with Gasteiger partial charge in [-0.15, -0.1) is 17.0 Å². The Morgan fingerprint density at radius 2 is 1.87 bits per heavy atom. The van der Waals surface area contributed by atoms with Gasteiger partial charge in [0, 0.05) is 37.5 Å². The van der Waals surface area contributed by atoms with Crippen molar-refractivity contribution in [3.63, 3.8) is 0 Å². The molecular formula is C28H37BrN4O5. The molecule has 3 rings (SSSR count). The van der Waals surface area contributed by atoms with Crippen LogP contribution in [0.5, 0.6) is 5.75 Å². The zero-order valence-corrected chi connectivity index (χ0v) is 24.5. The van der Waals surface area contributed by atoms with E-state index in [0.717, 1.165) is 23.2 Å². The summed E-state index contributed by atoms with van der Waals surface area (Å²) in [4.78, 5) is 40.3. The van der Waals surface area contributed by atoms with E-state index in [0.29, 0.717) is 35.6 Å². The SMILES string of the molecule is Br.CCCOc1cc2c(cc1C(=O)NC)C(=N)N(CC(=O)c1ccc(N(C)CC(=O)O)c(C(C)(C)C)c1)C2. The van der Waals surface area contributed by atoms with E-state index in [-0.39, 0.29) is 53.0 Å². The summed E-state index contributed by atoms with van der Waals surface area (Å²) in [5, 5.41) is 20.5. The molecule has 0 aromatic heterocycles. The molecule has 0 saturated carbocycles. The maximum Gasteiger partial charge on any atom is 0.323 e. The molecular weight excluding hydrogens is 552 g/mol. The fourth-order valence-electron chi connectivity index (χ4n) is 4.40. The number of amidine groups is 1. The number of aliphatic carboxylic acids is 1. The van der Waals surface area contributed by atoms with Crippen LogP contribution in [0.3, 0.4) is 0 Å². The first-order valence-corrected chi connectivity index (χ1v) is 12.3. The van der Waals surface area contributed by atoms with Crippen LogP contribution in [-0.2, 0) is 16.8 Å². The average molecular weight is 590 g/mol. The molecule has 0 atom stereocenters. The van der Waals surface area contributed by atoms with E-state index < -0.39 is 5.97 Å². The standard InChI is InChI=1S/C28H36N4O5.BrH/c1-7-10-37-24-12-18-14-32(26(29)19(18)13-20(24)27(36)30-5)15-23(33)17-8-9-22(31(6)16-25(34)35)21(11-17)28(2,3)4;/h8-9,11-13,29H,7,10,14-16H2,1-6H3,(H,30,36)(H,34,35);1H. The number of benzene rings is 2. The third kappa shape index (κ3) is 6.72. The van der Waals surface area contributed by atoms with Gasteiger partial charge in [-0.2, -0.15) is 0 Å². The van der Waals surface area contributed by atoms with Crippen LogP contribution in [0.1, 0.15) is 71.5 Å². The van der Waals surface area contributed by atoms with Crippen molar-refractivity contribution in [1.29, 1.82) is 5.41 Å². The van der Waals surface area contributed by atoms with Crippen molar-refractivity contribution in [1.82, 2.24) is 10.2 Å². The lowest BCUT2D eigenvalue weighted by Gasteiger charge is -2.28. The van der Waals surface area contributed by atoms with Gasteiger partial charge in [-0.1, -0.05) is 27.7 Å². The Hall–Kier alpha value is -3.40. The number of amides is 1. The Kier molecular flexibility index (Phi) is 10.1. The van der Waals surface area contributed by atoms with Crippen LogP contribution < -0.4 is 15.0 Å². The number of hydrogen-bond donors (Lipinski definition) is 3. The van der Waals surface area contributed by atoms with Crippen LogP contribution in [0.15, 0.2) is 30.3 Å². The first-order chi connectivity index (χ1) is 17.4. The number of halogens is 1. The largest absolute Gasteiger partial charge is 0.493 e. The summed E-state index contributed by atoms with van der Waals surface area (Å²) in [6, 6.07) is 8.77. The molecule has 1 amide bonds. The Morgan fingerprint density at radius 1 is 1.18 bits per heavy atom. The van der Waals surface area contributed by atoms with Gasteiger partial charge in [0.2, 0.25) is 0 Å². The van der Waals surface area contributed by atoms with Crippen molar-refractivity contribution in [3.05, 3.63) is 58.1 Å². The highest BCUT2D eigenvalue weighted by molar-refractivity contribution is 8.93. The predicted octanol–water partition coefficient (Wildman–Crippen LogP) is 4.26. The fourth-order valence-corrected chi connectivity index (χ4v) is 4.40. The first-order valence-electron chi connectivity index (χ1n) is 12.3. The molecule has 1 heterocycles. The van der Waals surface area contributed by atoms with Crippen LogP contribution in [0.4, 0.5) is 5.69 Å². The van der Waals surface area contributed by atoms with Crippen LogP contribution in [0.2, 0.25) is 0 Å².